The normalized spacial score (nSPS) is 14.8. The van der Waals surface area contributed by atoms with Crippen LogP contribution in [0.2, 0.25) is 0 Å². The lowest BCUT2D eigenvalue weighted by molar-refractivity contribution is 0.340. The molecule has 1 aromatic heterocycles. The predicted octanol–water partition coefficient (Wildman–Crippen LogP) is 4.71. The van der Waals surface area contributed by atoms with Crippen LogP contribution in [0.3, 0.4) is 0 Å². The number of ether oxygens (including phenoxy) is 2. The Labute approximate surface area is 166 Å². The molecule has 0 bridgehead atoms. The summed E-state index contributed by atoms with van der Waals surface area (Å²) in [5.41, 5.74) is 2.30. The number of aromatic nitrogens is 2. The van der Waals surface area contributed by atoms with Crippen LogP contribution in [0.5, 0.6) is 11.5 Å². The van der Waals surface area contributed by atoms with E-state index in [4.69, 9.17) is 19.0 Å². The van der Waals surface area contributed by atoms with E-state index >= 15 is 0 Å². The van der Waals surface area contributed by atoms with Crippen molar-refractivity contribution < 1.29 is 14.0 Å². The van der Waals surface area contributed by atoms with Crippen LogP contribution in [0.15, 0.2) is 51.5 Å². The molecule has 0 amide bonds. The third-order valence-electron chi connectivity index (χ3n) is 5.07. The van der Waals surface area contributed by atoms with Gasteiger partial charge in [-0.3, -0.25) is 0 Å². The molecule has 6 heteroatoms. The molecule has 0 unspecified atom stereocenters. The predicted molar refractivity (Wildman–Crippen MR) is 105 cm³/mol. The highest BCUT2D eigenvalue weighted by molar-refractivity contribution is 9.10. The number of halogens is 1. The summed E-state index contributed by atoms with van der Waals surface area (Å²) in [4.78, 5) is 4.70. The van der Waals surface area contributed by atoms with Gasteiger partial charge in [0.25, 0.3) is 0 Å². The average Bonchev–Trinajstić information content (AvgIpc) is 3.32. The monoisotopic (exact) mass is 428 g/mol. The lowest BCUT2D eigenvalue weighted by Crippen LogP contribution is -2.11. The molecule has 2 aromatic carbocycles. The quantitative estimate of drug-likeness (QED) is 0.544. The van der Waals surface area contributed by atoms with E-state index in [2.05, 4.69) is 39.3 Å². The summed E-state index contributed by atoms with van der Waals surface area (Å²) < 4.78 is 17.4. The van der Waals surface area contributed by atoms with Gasteiger partial charge in [-0.25, -0.2) is 0 Å². The van der Waals surface area contributed by atoms with Crippen LogP contribution in [0, 0.1) is 0 Å². The van der Waals surface area contributed by atoms with Gasteiger partial charge < -0.3 is 14.0 Å². The van der Waals surface area contributed by atoms with Crippen molar-refractivity contribution in [2.45, 2.75) is 31.1 Å². The Morgan fingerprint density at radius 3 is 2.56 bits per heavy atom. The first kappa shape index (κ1) is 18.0. The van der Waals surface area contributed by atoms with Gasteiger partial charge in [-0.2, -0.15) is 4.98 Å². The fourth-order valence-electron chi connectivity index (χ4n) is 3.34. The highest BCUT2D eigenvalue weighted by Gasteiger charge is 2.49. The number of methoxy groups -OCH3 is 2. The fraction of sp³-hybridized carbons (Fsp3) is 0.333. The van der Waals surface area contributed by atoms with Crippen molar-refractivity contribution in [1.82, 2.24) is 10.1 Å². The Morgan fingerprint density at radius 1 is 1.07 bits per heavy atom. The van der Waals surface area contributed by atoms with Crippen LogP contribution in [0.4, 0.5) is 0 Å². The number of benzene rings is 2. The maximum atomic E-state index is 5.65. The summed E-state index contributed by atoms with van der Waals surface area (Å²) in [6.07, 6.45) is 3.65. The number of hydrogen-bond donors (Lipinski definition) is 0. The standard InChI is InChI=1S/C21H21BrN2O3/c1-25-17-8-7-14(11-18(17)26-2)12-19-23-20(27-24-19)21(9-10-21)13-15-5-3-4-6-16(15)22/h3-8,11H,9-10,12-13H2,1-2H3. The van der Waals surface area contributed by atoms with Crippen molar-refractivity contribution in [1.29, 1.82) is 0 Å². The third kappa shape index (κ3) is 3.72. The zero-order chi connectivity index (χ0) is 18.9. The van der Waals surface area contributed by atoms with E-state index in [0.717, 1.165) is 35.2 Å². The van der Waals surface area contributed by atoms with E-state index < -0.39 is 0 Å². The van der Waals surface area contributed by atoms with Gasteiger partial charge in [0.2, 0.25) is 5.89 Å². The number of nitrogens with zero attached hydrogens (tertiary/aromatic N) is 2. The van der Waals surface area contributed by atoms with E-state index in [1.165, 1.54) is 5.56 Å². The number of hydrogen-bond acceptors (Lipinski definition) is 5. The molecule has 0 N–H and O–H groups in total. The zero-order valence-electron chi connectivity index (χ0n) is 15.4. The minimum Gasteiger partial charge on any atom is -0.493 e. The van der Waals surface area contributed by atoms with Gasteiger partial charge >= 0.3 is 0 Å². The first-order valence-electron chi connectivity index (χ1n) is 8.91. The van der Waals surface area contributed by atoms with E-state index in [1.807, 2.05) is 24.3 Å². The van der Waals surface area contributed by atoms with Gasteiger partial charge in [-0.1, -0.05) is 45.4 Å². The molecule has 1 aliphatic rings. The van der Waals surface area contributed by atoms with Gasteiger partial charge in [-0.15, -0.1) is 0 Å². The lowest BCUT2D eigenvalue weighted by atomic mass is 9.96. The van der Waals surface area contributed by atoms with Gasteiger partial charge in [0, 0.05) is 10.9 Å². The Hall–Kier alpha value is -2.34. The number of rotatable bonds is 7. The summed E-state index contributed by atoms with van der Waals surface area (Å²) in [7, 11) is 3.26. The van der Waals surface area contributed by atoms with Crippen LogP contribution in [-0.2, 0) is 18.3 Å². The summed E-state index contributed by atoms with van der Waals surface area (Å²) in [5.74, 6) is 2.84. The summed E-state index contributed by atoms with van der Waals surface area (Å²) in [6, 6.07) is 14.1. The maximum Gasteiger partial charge on any atom is 0.233 e. The second-order valence-electron chi connectivity index (χ2n) is 6.93. The van der Waals surface area contributed by atoms with Gasteiger partial charge in [0.05, 0.1) is 19.6 Å². The molecule has 1 aliphatic carbocycles. The third-order valence-corrected chi connectivity index (χ3v) is 5.85. The van der Waals surface area contributed by atoms with Crippen LogP contribution < -0.4 is 9.47 Å². The SMILES string of the molecule is COc1ccc(Cc2noc(C3(Cc4ccccc4Br)CC3)n2)cc1OC. The van der Waals surface area contributed by atoms with Crippen LogP contribution in [-0.4, -0.2) is 24.4 Å². The second kappa shape index (κ2) is 7.35. The molecule has 0 atom stereocenters. The Kier molecular flexibility index (Phi) is 4.91. The Morgan fingerprint density at radius 2 is 1.85 bits per heavy atom. The topological polar surface area (TPSA) is 57.4 Å². The van der Waals surface area contributed by atoms with Crippen molar-refractivity contribution >= 4 is 15.9 Å². The van der Waals surface area contributed by atoms with Crippen molar-refractivity contribution in [2.75, 3.05) is 14.2 Å². The highest BCUT2D eigenvalue weighted by Crippen LogP contribution is 2.50. The zero-order valence-corrected chi connectivity index (χ0v) is 17.0. The fourth-order valence-corrected chi connectivity index (χ4v) is 3.76. The second-order valence-corrected chi connectivity index (χ2v) is 7.78. The lowest BCUT2D eigenvalue weighted by Gasteiger charge is -2.11. The molecular formula is C21H21BrN2O3. The van der Waals surface area contributed by atoms with E-state index in [9.17, 15) is 0 Å². The van der Waals surface area contributed by atoms with Crippen LogP contribution in [0.1, 0.15) is 35.7 Å². The van der Waals surface area contributed by atoms with Crippen molar-refractivity contribution in [3.63, 3.8) is 0 Å². The van der Waals surface area contributed by atoms with Crippen molar-refractivity contribution in [3.05, 3.63) is 69.8 Å². The Bertz CT molecular complexity index is 950. The minimum absolute atomic E-state index is 0.0211. The van der Waals surface area contributed by atoms with E-state index in [1.54, 1.807) is 14.2 Å². The molecule has 0 aliphatic heterocycles. The first-order valence-corrected chi connectivity index (χ1v) is 9.70. The smallest absolute Gasteiger partial charge is 0.233 e. The van der Waals surface area contributed by atoms with E-state index in [-0.39, 0.29) is 5.41 Å². The molecule has 0 radical (unpaired) electrons. The minimum atomic E-state index is -0.0211. The van der Waals surface area contributed by atoms with Crippen molar-refractivity contribution in [3.8, 4) is 11.5 Å². The molecule has 0 saturated heterocycles. The van der Waals surface area contributed by atoms with Gasteiger partial charge in [0.15, 0.2) is 17.3 Å². The van der Waals surface area contributed by atoms with E-state index in [0.29, 0.717) is 23.7 Å². The molecule has 4 rings (SSSR count). The molecule has 3 aromatic rings. The van der Waals surface area contributed by atoms with Gasteiger partial charge in [0.1, 0.15) is 0 Å². The maximum absolute atomic E-state index is 5.65. The summed E-state index contributed by atoms with van der Waals surface area (Å²) >= 11 is 3.64. The molecule has 27 heavy (non-hydrogen) atoms. The molecule has 0 spiro atoms. The van der Waals surface area contributed by atoms with Crippen molar-refractivity contribution in [2.24, 2.45) is 0 Å². The molecule has 5 nitrogen and oxygen atoms in total. The first-order chi connectivity index (χ1) is 13.1. The molecule has 140 valence electrons. The highest BCUT2D eigenvalue weighted by atomic mass is 79.9. The summed E-state index contributed by atoms with van der Waals surface area (Å²) in [5, 5.41) is 4.21. The molecule has 1 heterocycles. The van der Waals surface area contributed by atoms with Crippen LogP contribution in [0.25, 0.3) is 0 Å². The molecule has 1 fully saturated rings. The Balaban J connectivity index is 1.51. The summed E-state index contributed by atoms with van der Waals surface area (Å²) in [6.45, 7) is 0. The molecular weight excluding hydrogens is 408 g/mol. The average molecular weight is 429 g/mol. The largest absolute Gasteiger partial charge is 0.493 e. The van der Waals surface area contributed by atoms with Crippen LogP contribution >= 0.6 is 15.9 Å². The molecule has 1 saturated carbocycles. The van der Waals surface area contributed by atoms with Gasteiger partial charge in [-0.05, 0) is 48.6 Å².